The minimum atomic E-state index is -5.08. The highest BCUT2D eigenvalue weighted by atomic mass is 35.5. The highest BCUT2D eigenvalue weighted by Gasteiger charge is 2.39. The molecule has 53 heavy (non-hydrogen) atoms. The van der Waals surface area contributed by atoms with E-state index < -0.39 is 35.9 Å². The molecule has 0 radical (unpaired) electrons. The molecule has 1 aliphatic heterocycles. The number of esters is 1. The molecule has 1 saturated heterocycles. The monoisotopic (exact) mass is 778 g/mol. The third-order valence-corrected chi connectivity index (χ3v) is 8.23. The van der Waals surface area contributed by atoms with Crippen molar-refractivity contribution in [2.24, 2.45) is 12.8 Å². The van der Waals surface area contributed by atoms with Gasteiger partial charge in [0.15, 0.2) is 5.52 Å². The lowest BCUT2D eigenvalue weighted by molar-refractivity contribution is -0.193. The van der Waals surface area contributed by atoms with Crippen molar-refractivity contribution in [3.8, 4) is 11.3 Å². The highest BCUT2D eigenvalue weighted by molar-refractivity contribution is 6.31. The van der Waals surface area contributed by atoms with E-state index >= 15 is 0 Å². The zero-order valence-corrected chi connectivity index (χ0v) is 28.7. The number of likely N-dealkylation sites (tertiary alicyclic amines) is 1. The van der Waals surface area contributed by atoms with E-state index in [0.29, 0.717) is 55.1 Å². The van der Waals surface area contributed by atoms with Crippen molar-refractivity contribution in [2.75, 3.05) is 20.2 Å². The van der Waals surface area contributed by atoms with Crippen LogP contribution >= 0.6 is 11.6 Å². The Morgan fingerprint density at radius 2 is 1.51 bits per heavy atom. The average Bonchev–Trinajstić information content (AvgIpc) is 3.43. The van der Waals surface area contributed by atoms with Crippen LogP contribution in [0.2, 0.25) is 5.02 Å². The second kappa shape index (κ2) is 17.2. The van der Waals surface area contributed by atoms with Gasteiger partial charge in [-0.2, -0.15) is 31.4 Å². The number of aryl methyl sites for hydroxylation is 1. The zero-order chi connectivity index (χ0) is 39.9. The summed E-state index contributed by atoms with van der Waals surface area (Å²) >= 11 is 6.40. The van der Waals surface area contributed by atoms with Crippen molar-refractivity contribution >= 4 is 40.5 Å². The van der Waals surface area contributed by atoms with Gasteiger partial charge >= 0.3 is 30.3 Å². The summed E-state index contributed by atoms with van der Waals surface area (Å²) in [5, 5.41) is 30.6. The first kappa shape index (κ1) is 42.4. The SMILES string of the molecule is COC(=O)c1ccc(CN2CCC(O)(Cn3cnc4c(-c5ccc(CN)cc5)n(C)nc4c3=O)CC2)c(Cl)c1.O=C(O)C(F)(F)F.O=C(O)C(F)(F)F. The van der Waals surface area contributed by atoms with Gasteiger partial charge in [0.2, 0.25) is 0 Å². The Morgan fingerprint density at radius 1 is 0.962 bits per heavy atom. The molecular formula is C32H33ClF6N6O8. The lowest BCUT2D eigenvalue weighted by Crippen LogP contribution is -2.47. The molecule has 0 spiro atoms. The number of nitrogens with two attached hydrogens (primary N) is 1. The number of ether oxygens (including phenoxy) is 1. The van der Waals surface area contributed by atoms with Gasteiger partial charge < -0.3 is 25.8 Å². The Morgan fingerprint density at radius 3 is 1.98 bits per heavy atom. The number of fused-ring (bicyclic) bond motifs is 1. The molecule has 0 amide bonds. The number of hydrogen-bond donors (Lipinski definition) is 4. The molecule has 288 valence electrons. The summed E-state index contributed by atoms with van der Waals surface area (Å²) in [7, 11) is 3.12. The molecule has 2 aromatic heterocycles. The summed E-state index contributed by atoms with van der Waals surface area (Å²) in [6, 6.07) is 12.9. The molecule has 21 heteroatoms. The number of nitrogens with zero attached hydrogens (tertiary/aromatic N) is 5. The predicted octanol–water partition coefficient (Wildman–Crippen LogP) is 3.99. The summed E-state index contributed by atoms with van der Waals surface area (Å²) in [6.45, 7) is 2.43. The summed E-state index contributed by atoms with van der Waals surface area (Å²) in [5.41, 5.74) is 9.13. The van der Waals surface area contributed by atoms with Crippen LogP contribution in [0.1, 0.15) is 34.3 Å². The molecule has 5 rings (SSSR count). The number of rotatable bonds is 7. The van der Waals surface area contributed by atoms with Crippen LogP contribution in [0.25, 0.3) is 22.3 Å². The lowest BCUT2D eigenvalue weighted by atomic mass is 9.91. The minimum absolute atomic E-state index is 0.133. The first-order valence-electron chi connectivity index (χ1n) is 15.2. The summed E-state index contributed by atoms with van der Waals surface area (Å²) in [5.74, 6) is -5.95. The molecule has 14 nitrogen and oxygen atoms in total. The highest BCUT2D eigenvalue weighted by Crippen LogP contribution is 2.29. The van der Waals surface area contributed by atoms with Crippen LogP contribution in [0.15, 0.2) is 53.6 Å². The Labute approximate surface area is 301 Å². The summed E-state index contributed by atoms with van der Waals surface area (Å²) < 4.78 is 71.3. The molecule has 0 unspecified atom stereocenters. The van der Waals surface area contributed by atoms with E-state index in [0.717, 1.165) is 22.4 Å². The number of hydrogen-bond acceptors (Lipinski definition) is 10. The maximum Gasteiger partial charge on any atom is 0.490 e. The van der Waals surface area contributed by atoms with Gasteiger partial charge in [0.1, 0.15) is 5.52 Å². The largest absolute Gasteiger partial charge is 0.490 e. The quantitative estimate of drug-likeness (QED) is 0.156. The Bertz CT molecular complexity index is 1970. The number of aliphatic carboxylic acids is 2. The Hall–Kier alpha value is -5.05. The number of alkyl halides is 6. The molecule has 0 atom stereocenters. The van der Waals surface area contributed by atoms with Crippen LogP contribution in [-0.4, -0.2) is 95.6 Å². The third-order valence-electron chi connectivity index (χ3n) is 7.88. The van der Waals surface area contributed by atoms with E-state index in [1.165, 1.54) is 18.0 Å². The molecular weight excluding hydrogens is 746 g/mol. The fourth-order valence-electron chi connectivity index (χ4n) is 5.09. The number of carboxylic acid groups (broad SMARTS) is 2. The van der Waals surface area contributed by atoms with Gasteiger partial charge in [-0.25, -0.2) is 19.4 Å². The second-order valence-electron chi connectivity index (χ2n) is 11.7. The van der Waals surface area contributed by atoms with Crippen LogP contribution in [0.3, 0.4) is 0 Å². The normalized spacial score (nSPS) is 14.4. The number of halogens is 7. The van der Waals surface area contributed by atoms with Crippen molar-refractivity contribution in [3.05, 3.63) is 80.9 Å². The first-order chi connectivity index (χ1) is 24.6. The lowest BCUT2D eigenvalue weighted by Gasteiger charge is -2.38. The van der Waals surface area contributed by atoms with Crippen LogP contribution in [0.4, 0.5) is 26.3 Å². The van der Waals surface area contributed by atoms with Gasteiger partial charge in [0.05, 0.1) is 36.8 Å². The molecule has 0 aliphatic carbocycles. The Kier molecular flexibility index (Phi) is 13.7. The van der Waals surface area contributed by atoms with Gasteiger partial charge in [-0.3, -0.25) is 18.9 Å². The number of carbonyl (C=O) groups excluding carboxylic acids is 1. The minimum Gasteiger partial charge on any atom is -0.475 e. The van der Waals surface area contributed by atoms with E-state index in [1.807, 2.05) is 30.3 Å². The first-order valence-corrected chi connectivity index (χ1v) is 15.6. The smallest absolute Gasteiger partial charge is 0.475 e. The fourth-order valence-corrected chi connectivity index (χ4v) is 5.33. The molecule has 0 bridgehead atoms. The van der Waals surface area contributed by atoms with Gasteiger partial charge in [0, 0.05) is 43.8 Å². The number of carbonyl (C=O) groups is 3. The zero-order valence-electron chi connectivity index (χ0n) is 27.9. The van der Waals surface area contributed by atoms with E-state index in [1.54, 1.807) is 23.9 Å². The van der Waals surface area contributed by atoms with Crippen molar-refractivity contribution in [3.63, 3.8) is 0 Å². The number of benzene rings is 2. The number of aliphatic hydroxyl groups is 1. The summed E-state index contributed by atoms with van der Waals surface area (Å²) in [6.07, 6.45) is -7.70. The van der Waals surface area contributed by atoms with Gasteiger partial charge in [0.25, 0.3) is 5.56 Å². The molecule has 0 saturated carbocycles. The van der Waals surface area contributed by atoms with E-state index in [4.69, 9.17) is 41.9 Å². The molecule has 2 aromatic carbocycles. The second-order valence-corrected chi connectivity index (χ2v) is 12.1. The maximum atomic E-state index is 13.3. The molecule has 1 aliphatic rings. The fraction of sp³-hybridized carbons (Fsp3) is 0.375. The average molecular weight is 779 g/mol. The number of aromatic nitrogens is 4. The van der Waals surface area contributed by atoms with Crippen LogP contribution < -0.4 is 11.3 Å². The summed E-state index contributed by atoms with van der Waals surface area (Å²) in [4.78, 5) is 49.6. The van der Waals surface area contributed by atoms with Crippen molar-refractivity contribution in [1.82, 2.24) is 24.2 Å². The van der Waals surface area contributed by atoms with Crippen molar-refractivity contribution in [1.29, 1.82) is 0 Å². The molecule has 1 fully saturated rings. The van der Waals surface area contributed by atoms with Gasteiger partial charge in [-0.15, -0.1) is 0 Å². The third kappa shape index (κ3) is 11.2. The van der Waals surface area contributed by atoms with Gasteiger partial charge in [-0.1, -0.05) is 41.9 Å². The van der Waals surface area contributed by atoms with Crippen LogP contribution in [-0.2, 0) is 41.0 Å². The predicted molar refractivity (Wildman–Crippen MR) is 176 cm³/mol. The molecule has 3 heterocycles. The van der Waals surface area contributed by atoms with Crippen molar-refractivity contribution < 1.29 is 60.8 Å². The van der Waals surface area contributed by atoms with E-state index in [-0.39, 0.29) is 17.6 Å². The number of methoxy groups -OCH3 is 1. The Balaban J connectivity index is 0.000000458. The standard InChI is InChI=1S/C28H31ClN6O4.2C2HF3O2/c1-33-25(19-5-3-18(14-30)4-6-19)23-24(32-33)26(36)35(17-31-23)16-28(38)9-11-34(12-10-28)15-21-8-7-20(13-22(21)29)27(37)39-2;2*3-2(4,5)1(6)7/h3-8,13,17,38H,9-12,14-16,30H2,1-2H3;2*(H,6,7). The van der Waals surface area contributed by atoms with E-state index in [9.17, 15) is 41.0 Å². The van der Waals surface area contributed by atoms with Crippen molar-refractivity contribution in [2.45, 2.75) is 50.4 Å². The maximum absolute atomic E-state index is 13.3. The number of carboxylic acids is 2. The van der Waals surface area contributed by atoms with Gasteiger partial charge in [-0.05, 0) is 36.1 Å². The molecule has 5 N–H and O–H groups in total. The van der Waals surface area contributed by atoms with Crippen LogP contribution in [0, 0.1) is 0 Å². The van der Waals surface area contributed by atoms with E-state index in [2.05, 4.69) is 15.0 Å². The molecule has 4 aromatic rings. The van der Waals surface area contributed by atoms with Crippen LogP contribution in [0.5, 0.6) is 0 Å². The number of piperidine rings is 1. The topological polar surface area (TPSA) is 203 Å².